The highest BCUT2D eigenvalue weighted by molar-refractivity contribution is 7.90. The lowest BCUT2D eigenvalue weighted by Gasteiger charge is -2.10. The SMILES string of the molecule is Cc1ccc(S(=O)(=O)NCCNS(=O)(=O)c2ccccc2Cl)cc1. The predicted molar refractivity (Wildman–Crippen MR) is 93.0 cm³/mol. The maximum absolute atomic E-state index is 12.1. The Labute approximate surface area is 147 Å². The van der Waals surface area contributed by atoms with Gasteiger partial charge >= 0.3 is 0 Å². The molecule has 0 unspecified atom stereocenters. The van der Waals surface area contributed by atoms with Crippen molar-refractivity contribution in [3.63, 3.8) is 0 Å². The van der Waals surface area contributed by atoms with Crippen molar-refractivity contribution < 1.29 is 16.8 Å². The molecule has 0 fully saturated rings. The smallest absolute Gasteiger partial charge is 0.210 e. The standard InChI is InChI=1S/C15H17ClN2O4S2/c1-12-6-8-13(9-7-12)23(19,20)17-10-11-18-24(21,22)15-5-3-2-4-14(15)16/h2-9,17-18H,10-11H2,1H3. The van der Waals surface area contributed by atoms with Gasteiger partial charge in [-0.05, 0) is 31.2 Å². The molecule has 0 amide bonds. The molecule has 0 bridgehead atoms. The normalized spacial score (nSPS) is 12.2. The molecule has 0 aliphatic carbocycles. The van der Waals surface area contributed by atoms with Crippen molar-refractivity contribution in [2.45, 2.75) is 16.7 Å². The Bertz CT molecular complexity index is 911. The van der Waals surface area contributed by atoms with E-state index in [4.69, 9.17) is 11.6 Å². The van der Waals surface area contributed by atoms with Crippen LogP contribution in [0.15, 0.2) is 58.3 Å². The molecular weight excluding hydrogens is 372 g/mol. The molecule has 2 aromatic carbocycles. The van der Waals surface area contributed by atoms with Crippen LogP contribution in [-0.4, -0.2) is 29.9 Å². The zero-order valence-corrected chi connectivity index (χ0v) is 15.2. The van der Waals surface area contributed by atoms with Crippen molar-refractivity contribution in [1.29, 1.82) is 0 Å². The summed E-state index contributed by atoms with van der Waals surface area (Å²) in [6.45, 7) is 1.67. The van der Waals surface area contributed by atoms with Gasteiger partial charge in [0, 0.05) is 13.1 Å². The minimum absolute atomic E-state index is 0.0481. The summed E-state index contributed by atoms with van der Waals surface area (Å²) in [5.74, 6) is 0. The summed E-state index contributed by atoms with van der Waals surface area (Å²) in [4.78, 5) is 0.0788. The van der Waals surface area contributed by atoms with Crippen LogP contribution in [0.4, 0.5) is 0 Å². The molecule has 0 spiro atoms. The largest absolute Gasteiger partial charge is 0.242 e. The maximum Gasteiger partial charge on any atom is 0.242 e. The summed E-state index contributed by atoms with van der Waals surface area (Å²) < 4.78 is 53.0. The summed E-state index contributed by atoms with van der Waals surface area (Å²) in [7, 11) is -7.47. The van der Waals surface area contributed by atoms with Crippen LogP contribution < -0.4 is 9.44 Å². The lowest BCUT2D eigenvalue weighted by Crippen LogP contribution is -2.34. The average Bonchev–Trinajstić information content (AvgIpc) is 2.52. The third-order valence-electron chi connectivity index (χ3n) is 3.17. The second-order valence-corrected chi connectivity index (χ2v) is 8.95. The van der Waals surface area contributed by atoms with Crippen molar-refractivity contribution in [2.24, 2.45) is 0 Å². The lowest BCUT2D eigenvalue weighted by atomic mass is 10.2. The molecule has 24 heavy (non-hydrogen) atoms. The summed E-state index contributed by atoms with van der Waals surface area (Å²) in [5, 5.41) is 0.102. The molecule has 2 aromatic rings. The predicted octanol–water partition coefficient (Wildman–Crippen LogP) is 1.91. The molecule has 2 N–H and O–H groups in total. The van der Waals surface area contributed by atoms with Gasteiger partial charge in [-0.15, -0.1) is 0 Å². The first kappa shape index (κ1) is 18.9. The van der Waals surface area contributed by atoms with Gasteiger partial charge in [0.2, 0.25) is 20.0 Å². The van der Waals surface area contributed by atoms with Crippen LogP contribution in [0.25, 0.3) is 0 Å². The molecule has 0 heterocycles. The number of benzene rings is 2. The summed E-state index contributed by atoms with van der Waals surface area (Å²) in [5.41, 5.74) is 0.946. The Hall–Kier alpha value is -1.45. The first-order valence-corrected chi connectivity index (χ1v) is 10.4. The van der Waals surface area contributed by atoms with E-state index in [9.17, 15) is 16.8 Å². The van der Waals surface area contributed by atoms with Crippen molar-refractivity contribution >= 4 is 31.6 Å². The van der Waals surface area contributed by atoms with Gasteiger partial charge in [-0.25, -0.2) is 26.3 Å². The highest BCUT2D eigenvalue weighted by Crippen LogP contribution is 2.19. The van der Waals surface area contributed by atoms with Crippen molar-refractivity contribution in [3.8, 4) is 0 Å². The Kier molecular flexibility index (Phi) is 6.00. The van der Waals surface area contributed by atoms with Gasteiger partial charge < -0.3 is 0 Å². The summed E-state index contributed by atoms with van der Waals surface area (Å²) >= 11 is 5.86. The minimum Gasteiger partial charge on any atom is -0.210 e. The fourth-order valence-electron chi connectivity index (χ4n) is 1.91. The molecule has 0 aromatic heterocycles. The van der Waals surface area contributed by atoms with Crippen LogP contribution in [0.1, 0.15) is 5.56 Å². The molecule has 2 rings (SSSR count). The topological polar surface area (TPSA) is 92.3 Å². The number of hydrogen-bond donors (Lipinski definition) is 2. The molecule has 0 saturated carbocycles. The fraction of sp³-hybridized carbons (Fsp3) is 0.200. The second-order valence-electron chi connectivity index (χ2n) is 5.04. The Morgan fingerprint density at radius 3 is 1.96 bits per heavy atom. The van der Waals surface area contributed by atoms with Gasteiger partial charge in [0.25, 0.3) is 0 Å². The van der Waals surface area contributed by atoms with Crippen molar-refractivity contribution in [2.75, 3.05) is 13.1 Å². The summed E-state index contributed by atoms with van der Waals surface area (Å²) in [6.07, 6.45) is 0. The van der Waals surface area contributed by atoms with Crippen molar-refractivity contribution in [3.05, 3.63) is 59.1 Å². The zero-order chi connectivity index (χ0) is 17.8. The van der Waals surface area contributed by atoms with Crippen LogP contribution in [0, 0.1) is 6.92 Å². The monoisotopic (exact) mass is 388 g/mol. The van der Waals surface area contributed by atoms with Crippen LogP contribution in [0.5, 0.6) is 0 Å². The first-order valence-electron chi connectivity index (χ1n) is 7.03. The Balaban J connectivity index is 1.95. The average molecular weight is 389 g/mol. The molecule has 0 atom stereocenters. The number of rotatable bonds is 7. The van der Waals surface area contributed by atoms with Crippen LogP contribution in [0.2, 0.25) is 5.02 Å². The highest BCUT2D eigenvalue weighted by Gasteiger charge is 2.18. The van der Waals surface area contributed by atoms with Crippen molar-refractivity contribution in [1.82, 2.24) is 9.44 Å². The van der Waals surface area contributed by atoms with Crippen LogP contribution in [0.3, 0.4) is 0 Å². The number of nitrogens with one attached hydrogen (secondary N) is 2. The molecular formula is C15H17ClN2O4S2. The second kappa shape index (κ2) is 7.62. The van der Waals surface area contributed by atoms with Gasteiger partial charge in [-0.1, -0.05) is 41.4 Å². The quantitative estimate of drug-likeness (QED) is 0.708. The van der Waals surface area contributed by atoms with Gasteiger partial charge in [0.15, 0.2) is 0 Å². The maximum atomic E-state index is 12.1. The minimum atomic E-state index is -3.80. The van der Waals surface area contributed by atoms with E-state index in [1.165, 1.54) is 24.3 Å². The number of hydrogen-bond acceptors (Lipinski definition) is 4. The van der Waals surface area contributed by atoms with E-state index in [1.807, 2.05) is 6.92 Å². The lowest BCUT2D eigenvalue weighted by molar-refractivity contribution is 0.570. The zero-order valence-electron chi connectivity index (χ0n) is 12.9. The Morgan fingerprint density at radius 1 is 0.833 bits per heavy atom. The van der Waals surface area contributed by atoms with Gasteiger partial charge in [0.1, 0.15) is 4.90 Å². The fourth-order valence-corrected chi connectivity index (χ4v) is 4.49. The Morgan fingerprint density at radius 2 is 1.38 bits per heavy atom. The number of halogens is 1. The van der Waals surface area contributed by atoms with Gasteiger partial charge in [0.05, 0.1) is 9.92 Å². The summed E-state index contributed by atoms with van der Waals surface area (Å²) in [6, 6.07) is 12.4. The van der Waals surface area contributed by atoms with E-state index in [1.54, 1.807) is 24.3 Å². The molecule has 0 aliphatic rings. The molecule has 0 saturated heterocycles. The third-order valence-corrected chi connectivity index (χ3v) is 6.60. The third kappa shape index (κ3) is 4.78. The van der Waals surface area contributed by atoms with Gasteiger partial charge in [-0.3, -0.25) is 0 Å². The first-order chi connectivity index (χ1) is 11.2. The van der Waals surface area contributed by atoms with Gasteiger partial charge in [-0.2, -0.15) is 0 Å². The van der Waals surface area contributed by atoms with E-state index in [2.05, 4.69) is 9.44 Å². The molecule has 130 valence electrons. The van der Waals surface area contributed by atoms with Crippen LogP contribution in [-0.2, 0) is 20.0 Å². The van der Waals surface area contributed by atoms with E-state index >= 15 is 0 Å². The molecule has 0 radical (unpaired) electrons. The molecule has 0 aliphatic heterocycles. The molecule has 9 heteroatoms. The molecule has 6 nitrogen and oxygen atoms in total. The van der Waals surface area contributed by atoms with Crippen LogP contribution >= 0.6 is 11.6 Å². The number of aryl methyl sites for hydroxylation is 1. The number of sulfonamides is 2. The van der Waals surface area contributed by atoms with E-state index in [-0.39, 0.29) is 27.9 Å². The van der Waals surface area contributed by atoms with E-state index in [0.717, 1.165) is 5.56 Å². The van der Waals surface area contributed by atoms with E-state index < -0.39 is 20.0 Å². The highest BCUT2D eigenvalue weighted by atomic mass is 35.5. The van der Waals surface area contributed by atoms with E-state index in [0.29, 0.717) is 0 Å².